The van der Waals surface area contributed by atoms with Gasteiger partial charge in [0.25, 0.3) is 5.91 Å². The first-order valence-corrected chi connectivity index (χ1v) is 6.88. The van der Waals surface area contributed by atoms with Crippen molar-refractivity contribution < 1.29 is 20.2 Å². The number of nitrogens with two attached hydrogens (primary N) is 2. The summed E-state index contributed by atoms with van der Waals surface area (Å²) in [7, 11) is 0. The van der Waals surface area contributed by atoms with Crippen molar-refractivity contribution in [3.8, 4) is 0 Å². The van der Waals surface area contributed by atoms with Crippen LogP contribution in [0.15, 0.2) is 67.2 Å². The van der Waals surface area contributed by atoms with Gasteiger partial charge in [-0.15, -0.1) is 0 Å². The molecule has 2 amide bonds. The van der Waals surface area contributed by atoms with Gasteiger partial charge in [0.2, 0.25) is 5.91 Å². The summed E-state index contributed by atoms with van der Waals surface area (Å²) in [6.45, 7) is 4.93. The highest BCUT2D eigenvalue weighted by atomic mass is 16.3. The molecule has 128 valence electrons. The molecule has 0 aliphatic carbocycles. The van der Waals surface area contributed by atoms with E-state index in [0.717, 1.165) is 5.56 Å². The molecular formula is C18H21N2O4-. The third-order valence-electron chi connectivity index (χ3n) is 3.24. The zero-order valence-electron chi connectivity index (χ0n) is 13.3. The normalized spacial score (nSPS) is 11.8. The van der Waals surface area contributed by atoms with Gasteiger partial charge in [0.05, 0.1) is 0 Å². The second kappa shape index (κ2) is 9.24. The Kier molecular flexibility index (Phi) is 8.10. The fourth-order valence-corrected chi connectivity index (χ4v) is 1.69. The molecule has 0 spiro atoms. The summed E-state index contributed by atoms with van der Waals surface area (Å²) in [4.78, 5) is 21.4. The van der Waals surface area contributed by atoms with Crippen molar-refractivity contribution in [2.45, 2.75) is 12.5 Å². The molecule has 1 atom stereocenters. The van der Waals surface area contributed by atoms with Gasteiger partial charge in [-0.25, -0.2) is 0 Å². The Morgan fingerprint density at radius 2 is 1.38 bits per heavy atom. The number of rotatable bonds is 4. The number of carbonyl (C=O) groups excluding carboxylic acids is 2. The maximum Gasteiger partial charge on any atom is 0.253 e. The van der Waals surface area contributed by atoms with E-state index in [4.69, 9.17) is 11.5 Å². The van der Waals surface area contributed by atoms with Crippen molar-refractivity contribution in [1.82, 2.24) is 0 Å². The molecule has 6 N–H and O–H groups in total. The molecule has 2 aromatic carbocycles. The number of carbonyl (C=O) groups is 2. The maximum absolute atomic E-state index is 10.8. The van der Waals surface area contributed by atoms with Gasteiger partial charge in [-0.3, -0.25) is 9.59 Å². The summed E-state index contributed by atoms with van der Waals surface area (Å²) in [6, 6.07) is 17.8. The van der Waals surface area contributed by atoms with Crippen LogP contribution in [0.5, 0.6) is 0 Å². The second-order valence-electron chi connectivity index (χ2n) is 5.01. The lowest BCUT2D eigenvalue weighted by molar-refractivity contribution is -0.135. The van der Waals surface area contributed by atoms with Crippen LogP contribution in [0.2, 0.25) is 0 Å². The summed E-state index contributed by atoms with van der Waals surface area (Å²) < 4.78 is 0. The summed E-state index contributed by atoms with van der Waals surface area (Å²) in [6.07, 6.45) is 0. The molecule has 24 heavy (non-hydrogen) atoms. The smallest absolute Gasteiger partial charge is 0.253 e. The first-order chi connectivity index (χ1) is 10.8. The molecule has 0 aliphatic rings. The van der Waals surface area contributed by atoms with E-state index in [1.54, 1.807) is 42.5 Å². The van der Waals surface area contributed by atoms with Crippen LogP contribution >= 0.6 is 0 Å². The highest BCUT2D eigenvalue weighted by Crippen LogP contribution is 2.18. The molecule has 0 heterocycles. The fourth-order valence-electron chi connectivity index (χ4n) is 1.69. The third-order valence-corrected chi connectivity index (χ3v) is 3.24. The highest BCUT2D eigenvalue weighted by molar-refractivity contribution is 6.17. The van der Waals surface area contributed by atoms with E-state index in [2.05, 4.69) is 6.58 Å². The van der Waals surface area contributed by atoms with Crippen molar-refractivity contribution in [1.29, 1.82) is 0 Å². The molecule has 6 nitrogen and oxygen atoms in total. The summed E-state index contributed by atoms with van der Waals surface area (Å²) in [5.41, 5.74) is 10.1. The summed E-state index contributed by atoms with van der Waals surface area (Å²) >= 11 is 0. The van der Waals surface area contributed by atoms with Gasteiger partial charge in [-0.2, -0.15) is 0 Å². The van der Waals surface area contributed by atoms with E-state index < -0.39 is 17.4 Å². The molecule has 2 rings (SSSR count). The Labute approximate surface area is 140 Å². The lowest BCUT2D eigenvalue weighted by Crippen LogP contribution is -2.38. The fraction of sp³-hybridized carbons (Fsp3) is 0.111. The van der Waals surface area contributed by atoms with Crippen molar-refractivity contribution in [3.05, 3.63) is 78.4 Å². The molecule has 1 unspecified atom stereocenters. The van der Waals surface area contributed by atoms with Gasteiger partial charge in [-0.1, -0.05) is 67.2 Å². The number of hydrogen-bond acceptors (Lipinski definition) is 4. The van der Waals surface area contributed by atoms with Gasteiger partial charge in [-0.05, 0) is 18.1 Å². The van der Waals surface area contributed by atoms with Crippen LogP contribution in [0.3, 0.4) is 0 Å². The number of aliphatic hydroxyl groups is 1. The number of benzene rings is 2. The zero-order valence-corrected chi connectivity index (χ0v) is 13.3. The van der Waals surface area contributed by atoms with Gasteiger partial charge >= 0.3 is 0 Å². The number of hydrogen-bond donors (Lipinski definition) is 3. The van der Waals surface area contributed by atoms with Crippen LogP contribution in [0.4, 0.5) is 0 Å². The monoisotopic (exact) mass is 329 g/mol. The highest BCUT2D eigenvalue weighted by Gasteiger charge is 2.29. The van der Waals surface area contributed by atoms with Crippen LogP contribution in [-0.2, 0) is 15.2 Å². The lowest BCUT2D eigenvalue weighted by Gasteiger charge is -2.18. The van der Waals surface area contributed by atoms with Gasteiger partial charge in [0, 0.05) is 5.57 Å². The first kappa shape index (κ1) is 21.0. The van der Waals surface area contributed by atoms with E-state index in [-0.39, 0.29) is 5.48 Å². The summed E-state index contributed by atoms with van der Waals surface area (Å²) in [5, 5.41) is 9.59. The van der Waals surface area contributed by atoms with E-state index in [0.29, 0.717) is 11.1 Å². The van der Waals surface area contributed by atoms with Crippen molar-refractivity contribution in [2.75, 3.05) is 0 Å². The molecule has 0 aromatic heterocycles. The second-order valence-corrected chi connectivity index (χ2v) is 5.01. The zero-order chi connectivity index (χ0) is 17.5. The van der Waals surface area contributed by atoms with Crippen molar-refractivity contribution >= 4 is 17.4 Å². The molecule has 6 heteroatoms. The lowest BCUT2D eigenvalue weighted by atomic mass is 9.96. The standard InChI is InChI=1S/C9H11NO2.C9H9NO.H2O/c1-9(12,8(10)11)7-5-3-2-4-6-7;1-7(9(10)11)8-5-3-2-4-6-8;/h2-6,12H,1H3,(H2,10,11);2-6H,1H2,(H2,10,11);1H2/p-1. The molecule has 0 fully saturated rings. The minimum atomic E-state index is -1.57. The van der Waals surface area contributed by atoms with Crippen LogP contribution in [0, 0.1) is 0 Å². The van der Waals surface area contributed by atoms with E-state index in [9.17, 15) is 14.7 Å². The molecule has 0 saturated heterocycles. The molecule has 0 saturated carbocycles. The molecule has 0 aliphatic heterocycles. The quantitative estimate of drug-likeness (QED) is 0.730. The Morgan fingerprint density at radius 1 is 0.958 bits per heavy atom. The minimum absolute atomic E-state index is 0. The maximum atomic E-state index is 10.8. The molecule has 0 radical (unpaired) electrons. The Hall–Kier alpha value is -2.96. The Balaban J connectivity index is 0.000000425. The molecule has 0 bridgehead atoms. The SMILES string of the molecule is C=C(C(N)=O)c1ccccc1.CC(O)(C(N)=O)c1ccccc1.[OH-]. The average molecular weight is 329 g/mol. The van der Waals surface area contributed by atoms with E-state index >= 15 is 0 Å². The predicted octanol–water partition coefficient (Wildman–Crippen LogP) is 1.39. The van der Waals surface area contributed by atoms with Crippen LogP contribution in [0.1, 0.15) is 18.1 Å². The topological polar surface area (TPSA) is 136 Å². The first-order valence-electron chi connectivity index (χ1n) is 6.88. The van der Waals surface area contributed by atoms with Crippen LogP contribution in [-0.4, -0.2) is 22.4 Å². The van der Waals surface area contributed by atoms with E-state index in [1.807, 2.05) is 18.2 Å². The van der Waals surface area contributed by atoms with Crippen LogP contribution < -0.4 is 11.5 Å². The summed E-state index contributed by atoms with van der Waals surface area (Å²) in [5.74, 6) is -1.22. The van der Waals surface area contributed by atoms with E-state index in [1.165, 1.54) is 6.92 Å². The van der Waals surface area contributed by atoms with Crippen LogP contribution in [0.25, 0.3) is 5.57 Å². The van der Waals surface area contributed by atoms with Gasteiger partial charge in [0.15, 0.2) is 5.60 Å². The van der Waals surface area contributed by atoms with Gasteiger partial charge < -0.3 is 22.1 Å². The number of primary amides is 2. The predicted molar refractivity (Wildman–Crippen MR) is 91.8 cm³/mol. The number of amides is 2. The third kappa shape index (κ3) is 5.68. The Bertz CT molecular complexity index is 683. The Morgan fingerprint density at radius 3 is 1.75 bits per heavy atom. The molecule has 2 aromatic rings. The largest absolute Gasteiger partial charge is 0.870 e. The van der Waals surface area contributed by atoms with Gasteiger partial charge in [0.1, 0.15) is 0 Å². The van der Waals surface area contributed by atoms with Crippen molar-refractivity contribution in [3.63, 3.8) is 0 Å². The minimum Gasteiger partial charge on any atom is -0.870 e. The molecular weight excluding hydrogens is 308 g/mol. The van der Waals surface area contributed by atoms with Crippen molar-refractivity contribution in [2.24, 2.45) is 11.5 Å². The average Bonchev–Trinajstić information content (AvgIpc) is 2.56.